The molecule has 1 aliphatic heterocycles. The lowest BCUT2D eigenvalue weighted by Gasteiger charge is -2.37. The molecule has 1 aromatic carbocycles. The maximum Gasteiger partial charge on any atom is 0.312 e. The molecule has 22 heavy (non-hydrogen) atoms. The van der Waals surface area contributed by atoms with Crippen LogP contribution in [0.3, 0.4) is 0 Å². The summed E-state index contributed by atoms with van der Waals surface area (Å²) in [7, 11) is -2.57. The number of hydrogen-bond donors (Lipinski definition) is 1. The van der Waals surface area contributed by atoms with Gasteiger partial charge in [0.05, 0.1) is 11.0 Å². The van der Waals surface area contributed by atoms with Gasteiger partial charge in [-0.15, -0.1) is 0 Å². The first kappa shape index (κ1) is 16.7. The van der Waals surface area contributed by atoms with Crippen molar-refractivity contribution in [3.05, 3.63) is 28.3 Å². The van der Waals surface area contributed by atoms with Crippen molar-refractivity contribution in [1.29, 1.82) is 0 Å². The van der Waals surface area contributed by atoms with Crippen LogP contribution in [0.2, 0.25) is 0 Å². The SMILES string of the molecule is COC1CN(c2cccc(S(N)(=O)=O)c2[N+](=O)[O-])CCC1C. The van der Waals surface area contributed by atoms with Crippen LogP contribution < -0.4 is 10.0 Å². The quantitative estimate of drug-likeness (QED) is 0.653. The Labute approximate surface area is 129 Å². The van der Waals surface area contributed by atoms with Crippen molar-refractivity contribution in [3.8, 4) is 0 Å². The number of methoxy groups -OCH3 is 1. The Morgan fingerprint density at radius 3 is 2.68 bits per heavy atom. The minimum Gasteiger partial charge on any atom is -0.379 e. The Morgan fingerprint density at radius 1 is 1.45 bits per heavy atom. The predicted molar refractivity (Wildman–Crippen MR) is 81.3 cm³/mol. The number of rotatable bonds is 4. The molecule has 0 aromatic heterocycles. The summed E-state index contributed by atoms with van der Waals surface area (Å²) < 4.78 is 28.6. The van der Waals surface area contributed by atoms with Crippen LogP contribution >= 0.6 is 0 Å². The lowest BCUT2D eigenvalue weighted by atomic mass is 9.95. The molecule has 2 rings (SSSR count). The van der Waals surface area contributed by atoms with Crippen LogP contribution in [0.15, 0.2) is 23.1 Å². The first-order valence-corrected chi connectivity index (χ1v) is 8.38. The topological polar surface area (TPSA) is 116 Å². The number of benzene rings is 1. The molecule has 8 nitrogen and oxygen atoms in total. The van der Waals surface area contributed by atoms with Crippen molar-refractivity contribution in [3.63, 3.8) is 0 Å². The van der Waals surface area contributed by atoms with E-state index in [1.807, 2.05) is 0 Å². The van der Waals surface area contributed by atoms with Crippen molar-refractivity contribution < 1.29 is 18.1 Å². The van der Waals surface area contributed by atoms with Gasteiger partial charge in [-0.1, -0.05) is 13.0 Å². The lowest BCUT2D eigenvalue weighted by molar-refractivity contribution is -0.387. The maximum absolute atomic E-state index is 11.6. The standard InChI is InChI=1S/C13H19N3O5S/c1-9-6-7-15(8-11(9)21-2)10-4-3-5-12(22(14,19)20)13(10)16(17)18/h3-5,9,11H,6-8H2,1-2H3,(H2,14,19,20). The second kappa shape index (κ2) is 6.19. The van der Waals surface area contributed by atoms with Gasteiger partial charge in [-0.2, -0.15) is 0 Å². The third-order valence-electron chi connectivity index (χ3n) is 4.00. The Bertz CT molecular complexity index is 676. The third kappa shape index (κ3) is 3.21. The number of para-hydroxylation sites is 1. The highest BCUT2D eigenvalue weighted by atomic mass is 32.2. The summed E-state index contributed by atoms with van der Waals surface area (Å²) in [4.78, 5) is 12.0. The second-order valence-electron chi connectivity index (χ2n) is 5.41. The molecule has 2 unspecified atom stereocenters. The van der Waals surface area contributed by atoms with E-state index in [4.69, 9.17) is 9.88 Å². The van der Waals surface area contributed by atoms with Gasteiger partial charge in [-0.3, -0.25) is 10.1 Å². The van der Waals surface area contributed by atoms with E-state index >= 15 is 0 Å². The first-order chi connectivity index (χ1) is 10.3. The highest BCUT2D eigenvalue weighted by molar-refractivity contribution is 7.89. The molecule has 0 saturated carbocycles. The zero-order chi connectivity index (χ0) is 16.5. The number of piperidine rings is 1. The molecule has 1 heterocycles. The van der Waals surface area contributed by atoms with E-state index in [-0.39, 0.29) is 11.8 Å². The number of primary sulfonamides is 1. The van der Waals surface area contributed by atoms with Gasteiger partial charge in [-0.05, 0) is 24.5 Å². The van der Waals surface area contributed by atoms with E-state index in [2.05, 4.69) is 6.92 Å². The minimum atomic E-state index is -4.17. The van der Waals surface area contributed by atoms with E-state index in [9.17, 15) is 18.5 Å². The maximum atomic E-state index is 11.6. The van der Waals surface area contributed by atoms with Crippen molar-refractivity contribution in [2.45, 2.75) is 24.3 Å². The molecular weight excluding hydrogens is 310 g/mol. The number of nitrogens with two attached hydrogens (primary N) is 1. The van der Waals surface area contributed by atoms with E-state index in [0.29, 0.717) is 19.0 Å². The summed E-state index contributed by atoms with van der Waals surface area (Å²) in [5.74, 6) is 0.335. The predicted octanol–water partition coefficient (Wildman–Crippen LogP) is 1.10. The minimum absolute atomic E-state index is 0.0634. The highest BCUT2D eigenvalue weighted by Gasteiger charge is 2.33. The Morgan fingerprint density at radius 2 is 2.14 bits per heavy atom. The molecule has 0 radical (unpaired) electrons. The van der Waals surface area contributed by atoms with Crippen molar-refractivity contribution >= 4 is 21.4 Å². The van der Waals surface area contributed by atoms with Crippen molar-refractivity contribution in [2.24, 2.45) is 11.1 Å². The average Bonchev–Trinajstić information content (AvgIpc) is 2.46. The van der Waals surface area contributed by atoms with Gasteiger partial charge in [0.1, 0.15) is 5.69 Å². The molecule has 9 heteroatoms. The molecule has 2 atom stereocenters. The van der Waals surface area contributed by atoms with Crippen molar-refractivity contribution in [2.75, 3.05) is 25.1 Å². The molecular formula is C13H19N3O5S. The van der Waals surface area contributed by atoms with Crippen LogP contribution in [0.1, 0.15) is 13.3 Å². The second-order valence-corrected chi connectivity index (χ2v) is 6.94. The van der Waals surface area contributed by atoms with Gasteiger partial charge in [0, 0.05) is 20.2 Å². The fourth-order valence-corrected chi connectivity index (χ4v) is 3.46. The number of ether oxygens (including phenoxy) is 1. The molecule has 2 N–H and O–H groups in total. The van der Waals surface area contributed by atoms with E-state index in [1.54, 1.807) is 12.0 Å². The third-order valence-corrected chi connectivity index (χ3v) is 4.94. The molecule has 1 aliphatic rings. The summed E-state index contributed by atoms with van der Waals surface area (Å²) in [6.07, 6.45) is 0.737. The smallest absolute Gasteiger partial charge is 0.312 e. The Balaban J connectivity index is 2.50. The number of hydrogen-bond acceptors (Lipinski definition) is 6. The number of nitro benzene ring substituents is 1. The molecule has 122 valence electrons. The van der Waals surface area contributed by atoms with Gasteiger partial charge in [-0.25, -0.2) is 13.6 Å². The van der Waals surface area contributed by atoms with E-state index in [1.165, 1.54) is 12.1 Å². The highest BCUT2D eigenvalue weighted by Crippen LogP contribution is 2.36. The fourth-order valence-electron chi connectivity index (χ4n) is 2.74. The molecule has 1 saturated heterocycles. The zero-order valence-electron chi connectivity index (χ0n) is 12.4. The molecule has 0 amide bonds. The fraction of sp³-hybridized carbons (Fsp3) is 0.538. The summed E-state index contributed by atoms with van der Waals surface area (Å²) in [6.45, 7) is 3.11. The van der Waals surface area contributed by atoms with Crippen LogP contribution in [0.25, 0.3) is 0 Å². The van der Waals surface area contributed by atoms with Crippen LogP contribution in [-0.2, 0) is 14.8 Å². The zero-order valence-corrected chi connectivity index (χ0v) is 13.2. The number of nitrogens with zero attached hydrogens (tertiary/aromatic N) is 2. The normalized spacial score (nSPS) is 22.6. The summed E-state index contributed by atoms with van der Waals surface area (Å²) >= 11 is 0. The van der Waals surface area contributed by atoms with Crippen molar-refractivity contribution in [1.82, 2.24) is 0 Å². The Hall–Kier alpha value is -1.71. The van der Waals surface area contributed by atoms with Gasteiger partial charge in [0.25, 0.3) is 0 Å². The Kier molecular flexibility index (Phi) is 4.69. The molecule has 1 fully saturated rings. The summed E-state index contributed by atoms with van der Waals surface area (Å²) in [5, 5.41) is 16.5. The lowest BCUT2D eigenvalue weighted by Crippen LogP contribution is -2.44. The van der Waals surface area contributed by atoms with Gasteiger partial charge in [0.15, 0.2) is 4.90 Å². The van der Waals surface area contributed by atoms with Crippen LogP contribution in [0.5, 0.6) is 0 Å². The first-order valence-electron chi connectivity index (χ1n) is 6.83. The van der Waals surface area contributed by atoms with E-state index < -0.39 is 25.5 Å². The van der Waals surface area contributed by atoms with Crippen LogP contribution in [0.4, 0.5) is 11.4 Å². The van der Waals surface area contributed by atoms with Crippen LogP contribution in [-0.4, -0.2) is 39.6 Å². The summed E-state index contributed by atoms with van der Waals surface area (Å²) in [5.41, 5.74) is -0.222. The number of sulfonamides is 1. The molecule has 1 aromatic rings. The monoisotopic (exact) mass is 329 g/mol. The number of nitro groups is 1. The summed E-state index contributed by atoms with van der Waals surface area (Å²) in [6, 6.07) is 4.15. The average molecular weight is 329 g/mol. The molecule has 0 spiro atoms. The molecule has 0 bridgehead atoms. The van der Waals surface area contributed by atoms with E-state index in [0.717, 1.165) is 12.5 Å². The largest absolute Gasteiger partial charge is 0.379 e. The number of anilines is 1. The van der Waals surface area contributed by atoms with Crippen LogP contribution in [0, 0.1) is 16.0 Å². The van der Waals surface area contributed by atoms with Gasteiger partial charge >= 0.3 is 5.69 Å². The van der Waals surface area contributed by atoms with Gasteiger partial charge < -0.3 is 9.64 Å². The van der Waals surface area contributed by atoms with Gasteiger partial charge in [0.2, 0.25) is 10.0 Å². The molecule has 0 aliphatic carbocycles.